The lowest BCUT2D eigenvalue weighted by Gasteiger charge is -2.35. The number of benzene rings is 2. The van der Waals surface area contributed by atoms with Crippen molar-refractivity contribution < 1.29 is 22.9 Å². The van der Waals surface area contributed by atoms with Gasteiger partial charge in [-0.3, -0.25) is 4.55 Å². The average molecular weight is 441 g/mol. The summed E-state index contributed by atoms with van der Waals surface area (Å²) >= 11 is 6.00. The van der Waals surface area contributed by atoms with Crippen LogP contribution in [0.15, 0.2) is 47.4 Å². The molecule has 7 nitrogen and oxygen atoms in total. The van der Waals surface area contributed by atoms with Gasteiger partial charge >= 0.3 is 6.09 Å². The van der Waals surface area contributed by atoms with Gasteiger partial charge in [-0.05, 0) is 49.6 Å². The maximum absolute atomic E-state index is 11.0. The third-order valence-corrected chi connectivity index (χ3v) is 6.16. The molecule has 0 radical (unpaired) electrons. The lowest BCUT2D eigenvalue weighted by molar-refractivity contribution is 0.126. The molecule has 0 saturated carbocycles. The van der Waals surface area contributed by atoms with Crippen molar-refractivity contribution in [1.29, 1.82) is 0 Å². The second-order valence-electron chi connectivity index (χ2n) is 7.08. The van der Waals surface area contributed by atoms with E-state index in [9.17, 15) is 13.2 Å². The van der Waals surface area contributed by atoms with Gasteiger partial charge in [0, 0.05) is 30.1 Å². The Morgan fingerprint density at radius 3 is 2.31 bits per heavy atom. The smallest absolute Gasteiger partial charge is 0.407 e. The van der Waals surface area contributed by atoms with Crippen LogP contribution in [0, 0.1) is 13.8 Å². The average Bonchev–Trinajstić information content (AvgIpc) is 2.64. The van der Waals surface area contributed by atoms with Crippen molar-refractivity contribution >= 4 is 27.8 Å². The Kier molecular flexibility index (Phi) is 7.65. The fourth-order valence-electron chi connectivity index (χ4n) is 3.11. The van der Waals surface area contributed by atoms with E-state index in [0.717, 1.165) is 21.7 Å². The zero-order chi connectivity index (χ0) is 21.8. The summed E-state index contributed by atoms with van der Waals surface area (Å²) in [5.74, 6) is 0.0471. The number of amides is 1. The number of likely N-dealkylation sites (tertiary alicyclic amines) is 1. The van der Waals surface area contributed by atoms with Crippen LogP contribution in [0.4, 0.5) is 4.79 Å². The summed E-state index contributed by atoms with van der Waals surface area (Å²) in [5.41, 5.74) is 9.12. The molecule has 2 atom stereocenters. The first-order valence-corrected chi connectivity index (χ1v) is 10.8. The van der Waals surface area contributed by atoms with Gasteiger partial charge in [0.1, 0.15) is 0 Å². The van der Waals surface area contributed by atoms with Crippen LogP contribution in [-0.4, -0.2) is 48.2 Å². The molecule has 158 valence electrons. The van der Waals surface area contributed by atoms with Crippen LogP contribution in [0.1, 0.15) is 29.0 Å². The SMILES string of the molecule is Cc1cc(C2CN(C(=O)O)CCC2N)ccc1Cl.Cc1ccc(S(=O)(=O)O)cc1. The Bertz CT molecular complexity index is 963. The van der Waals surface area contributed by atoms with Crippen LogP contribution in [-0.2, 0) is 10.1 Å². The number of nitrogens with two attached hydrogens (primary N) is 1. The number of hydrogen-bond donors (Lipinski definition) is 3. The Labute approximate surface area is 175 Å². The minimum Gasteiger partial charge on any atom is -0.465 e. The fourth-order valence-corrected chi connectivity index (χ4v) is 3.70. The van der Waals surface area contributed by atoms with E-state index in [1.165, 1.54) is 17.0 Å². The Hall–Kier alpha value is -2.13. The highest BCUT2D eigenvalue weighted by atomic mass is 35.5. The Morgan fingerprint density at radius 1 is 1.17 bits per heavy atom. The Balaban J connectivity index is 0.000000234. The summed E-state index contributed by atoms with van der Waals surface area (Å²) < 4.78 is 29.6. The quantitative estimate of drug-likeness (QED) is 0.612. The standard InChI is InChI=1S/C13H17ClN2O2.C7H8O3S/c1-8-6-9(2-3-11(8)14)10-7-16(13(17)18)5-4-12(10)15;1-6-2-4-7(5-3-6)11(8,9)10/h2-3,6,10,12H,4-5,7,15H2,1H3,(H,17,18);2-5H,1H3,(H,8,9,10). The number of halogens is 1. The second kappa shape index (κ2) is 9.58. The lowest BCUT2D eigenvalue weighted by Crippen LogP contribution is -2.47. The summed E-state index contributed by atoms with van der Waals surface area (Å²) in [6.45, 7) is 4.75. The van der Waals surface area contributed by atoms with Gasteiger partial charge in [0.2, 0.25) is 0 Å². The van der Waals surface area contributed by atoms with Crippen molar-refractivity contribution in [2.75, 3.05) is 13.1 Å². The molecule has 1 aliphatic rings. The first kappa shape index (κ1) is 23.2. The maximum Gasteiger partial charge on any atom is 0.407 e. The van der Waals surface area contributed by atoms with Crippen LogP contribution in [0.3, 0.4) is 0 Å². The molecule has 0 aliphatic carbocycles. The van der Waals surface area contributed by atoms with Gasteiger partial charge in [-0.2, -0.15) is 8.42 Å². The minimum absolute atomic E-state index is 0.00109. The van der Waals surface area contributed by atoms with Gasteiger partial charge in [0.05, 0.1) is 4.90 Å². The first-order valence-electron chi connectivity index (χ1n) is 9.02. The molecule has 4 N–H and O–H groups in total. The zero-order valence-corrected chi connectivity index (χ0v) is 17.8. The summed E-state index contributed by atoms with van der Waals surface area (Å²) in [6.07, 6.45) is -0.184. The van der Waals surface area contributed by atoms with E-state index in [-0.39, 0.29) is 16.9 Å². The number of nitrogens with zero attached hydrogens (tertiary/aromatic N) is 1. The predicted octanol–water partition coefficient (Wildman–Crippen LogP) is 3.68. The highest BCUT2D eigenvalue weighted by Gasteiger charge is 2.30. The molecular weight excluding hydrogens is 416 g/mol. The van der Waals surface area contributed by atoms with Gasteiger partial charge in [-0.15, -0.1) is 0 Å². The molecule has 29 heavy (non-hydrogen) atoms. The molecule has 9 heteroatoms. The lowest BCUT2D eigenvalue weighted by atomic mass is 9.86. The van der Waals surface area contributed by atoms with Gasteiger partial charge < -0.3 is 15.7 Å². The number of rotatable bonds is 2. The summed E-state index contributed by atoms with van der Waals surface area (Å²) in [4.78, 5) is 12.4. The predicted molar refractivity (Wildman–Crippen MR) is 112 cm³/mol. The largest absolute Gasteiger partial charge is 0.465 e. The summed E-state index contributed by atoms with van der Waals surface area (Å²) in [7, 11) is -4.02. The van der Waals surface area contributed by atoms with E-state index in [0.29, 0.717) is 19.5 Å². The van der Waals surface area contributed by atoms with Gasteiger partial charge in [0.25, 0.3) is 10.1 Å². The van der Waals surface area contributed by atoms with Crippen LogP contribution >= 0.6 is 11.6 Å². The highest BCUT2D eigenvalue weighted by Crippen LogP contribution is 2.28. The molecule has 1 aliphatic heterocycles. The molecule has 0 aromatic heterocycles. The molecule has 1 heterocycles. The van der Waals surface area contributed by atoms with E-state index in [1.54, 1.807) is 12.1 Å². The normalized spacial score (nSPS) is 19.3. The molecule has 0 spiro atoms. The molecule has 3 rings (SSSR count). The molecule has 1 fully saturated rings. The number of aryl methyl sites for hydroxylation is 2. The topological polar surface area (TPSA) is 121 Å². The third-order valence-electron chi connectivity index (χ3n) is 4.87. The van der Waals surface area contributed by atoms with Crippen LogP contribution < -0.4 is 5.73 Å². The third kappa shape index (κ3) is 6.43. The van der Waals surface area contributed by atoms with E-state index in [2.05, 4.69) is 0 Å². The van der Waals surface area contributed by atoms with Crippen LogP contribution in [0.25, 0.3) is 0 Å². The van der Waals surface area contributed by atoms with Gasteiger partial charge in [-0.1, -0.05) is 41.4 Å². The molecular formula is C20H25ClN2O5S. The van der Waals surface area contributed by atoms with Crippen molar-refractivity contribution in [3.8, 4) is 0 Å². The van der Waals surface area contributed by atoms with Crippen molar-refractivity contribution in [2.24, 2.45) is 5.73 Å². The first-order chi connectivity index (χ1) is 13.5. The van der Waals surface area contributed by atoms with E-state index in [4.69, 9.17) is 27.0 Å². The molecule has 2 aromatic carbocycles. The van der Waals surface area contributed by atoms with Crippen LogP contribution in [0.5, 0.6) is 0 Å². The number of hydrogen-bond acceptors (Lipinski definition) is 4. The molecule has 1 saturated heterocycles. The second-order valence-corrected chi connectivity index (χ2v) is 8.91. The number of piperidine rings is 1. The minimum atomic E-state index is -4.02. The Morgan fingerprint density at radius 2 is 1.79 bits per heavy atom. The van der Waals surface area contributed by atoms with Gasteiger partial charge in [-0.25, -0.2) is 4.79 Å². The summed E-state index contributed by atoms with van der Waals surface area (Å²) in [6, 6.07) is 11.8. The van der Waals surface area contributed by atoms with Crippen LogP contribution in [0.2, 0.25) is 5.02 Å². The molecule has 0 bridgehead atoms. The maximum atomic E-state index is 11.0. The molecule has 2 aromatic rings. The van der Waals surface area contributed by atoms with Crippen molar-refractivity contribution in [3.63, 3.8) is 0 Å². The van der Waals surface area contributed by atoms with Crippen molar-refractivity contribution in [3.05, 3.63) is 64.2 Å². The van der Waals surface area contributed by atoms with Crippen molar-refractivity contribution in [1.82, 2.24) is 4.90 Å². The number of carbonyl (C=O) groups is 1. The van der Waals surface area contributed by atoms with E-state index < -0.39 is 16.2 Å². The van der Waals surface area contributed by atoms with E-state index >= 15 is 0 Å². The monoisotopic (exact) mass is 440 g/mol. The van der Waals surface area contributed by atoms with Crippen molar-refractivity contribution in [2.45, 2.75) is 37.1 Å². The molecule has 2 unspecified atom stereocenters. The highest BCUT2D eigenvalue weighted by molar-refractivity contribution is 7.85. The molecule has 1 amide bonds. The zero-order valence-electron chi connectivity index (χ0n) is 16.2. The summed E-state index contributed by atoms with van der Waals surface area (Å²) in [5, 5.41) is 9.77. The van der Waals surface area contributed by atoms with Gasteiger partial charge in [0.15, 0.2) is 0 Å². The van der Waals surface area contributed by atoms with E-state index in [1.807, 2.05) is 32.0 Å². The number of carboxylic acid groups (broad SMARTS) is 1. The fraction of sp³-hybridized carbons (Fsp3) is 0.350.